The first-order chi connectivity index (χ1) is 16.7. The first-order valence-corrected chi connectivity index (χ1v) is 12.1. The molecule has 0 aliphatic rings. The highest BCUT2D eigenvalue weighted by Crippen LogP contribution is 2.25. The predicted molar refractivity (Wildman–Crippen MR) is 135 cm³/mol. The first-order valence-electron chi connectivity index (χ1n) is 10.8. The van der Waals surface area contributed by atoms with Crippen LogP contribution in [0.5, 0.6) is 0 Å². The van der Waals surface area contributed by atoms with Crippen LogP contribution in [0.15, 0.2) is 53.7 Å². The topological polar surface area (TPSA) is 115 Å². The smallest absolute Gasteiger partial charge is 0.339 e. The van der Waals surface area contributed by atoms with Gasteiger partial charge >= 0.3 is 5.97 Å². The molecule has 0 radical (unpaired) electrons. The summed E-state index contributed by atoms with van der Waals surface area (Å²) >= 11 is 7.11. The van der Waals surface area contributed by atoms with Gasteiger partial charge in [0.15, 0.2) is 11.0 Å². The fourth-order valence-electron chi connectivity index (χ4n) is 3.27. The minimum Gasteiger partial charge on any atom is -0.465 e. The van der Waals surface area contributed by atoms with Gasteiger partial charge < -0.3 is 19.9 Å². The molecule has 3 rings (SSSR count). The number of hydrogen-bond donors (Lipinski definition) is 2. The summed E-state index contributed by atoms with van der Waals surface area (Å²) in [7, 11) is 3.07. The van der Waals surface area contributed by atoms with Crippen molar-refractivity contribution in [2.45, 2.75) is 25.0 Å². The number of para-hydroxylation sites is 1. The number of ether oxygens (including phenoxy) is 1. The largest absolute Gasteiger partial charge is 0.465 e. The molecule has 3 aromatic rings. The summed E-state index contributed by atoms with van der Waals surface area (Å²) in [5.41, 5.74) is 1.12. The van der Waals surface area contributed by atoms with Gasteiger partial charge in [-0.1, -0.05) is 49.3 Å². The molecule has 0 saturated heterocycles. The maximum Gasteiger partial charge on any atom is 0.339 e. The van der Waals surface area contributed by atoms with Crippen molar-refractivity contribution in [3.8, 4) is 0 Å². The first kappa shape index (κ1) is 26.2. The summed E-state index contributed by atoms with van der Waals surface area (Å²) in [6.45, 7) is 3.95. The third-order valence-corrected chi connectivity index (χ3v) is 6.42. The van der Waals surface area contributed by atoms with E-state index in [9.17, 15) is 14.4 Å². The number of thioether (sulfide) groups is 1. The van der Waals surface area contributed by atoms with E-state index in [-0.39, 0.29) is 29.0 Å². The zero-order valence-corrected chi connectivity index (χ0v) is 21.3. The number of benzene rings is 2. The van der Waals surface area contributed by atoms with E-state index in [1.54, 1.807) is 60.1 Å². The zero-order valence-electron chi connectivity index (χ0n) is 19.7. The molecule has 1 heterocycles. The van der Waals surface area contributed by atoms with Gasteiger partial charge in [0, 0.05) is 17.6 Å². The lowest BCUT2D eigenvalue weighted by Crippen LogP contribution is -2.33. The maximum atomic E-state index is 12.7. The number of amides is 2. The third kappa shape index (κ3) is 6.61. The van der Waals surface area contributed by atoms with Crippen molar-refractivity contribution >= 4 is 46.8 Å². The van der Waals surface area contributed by atoms with Crippen molar-refractivity contribution in [3.05, 3.63) is 70.5 Å². The molecule has 2 amide bonds. The van der Waals surface area contributed by atoms with Crippen LogP contribution in [0.2, 0.25) is 5.02 Å². The van der Waals surface area contributed by atoms with Crippen molar-refractivity contribution in [2.24, 2.45) is 13.0 Å². The van der Waals surface area contributed by atoms with Crippen LogP contribution in [0.3, 0.4) is 0 Å². The van der Waals surface area contributed by atoms with Crippen molar-refractivity contribution < 1.29 is 19.1 Å². The van der Waals surface area contributed by atoms with E-state index in [2.05, 4.69) is 20.8 Å². The number of rotatable bonds is 9. The van der Waals surface area contributed by atoms with Gasteiger partial charge in [-0.25, -0.2) is 4.79 Å². The molecule has 1 aromatic heterocycles. The van der Waals surface area contributed by atoms with E-state index >= 15 is 0 Å². The van der Waals surface area contributed by atoms with Gasteiger partial charge in [0.2, 0.25) is 5.91 Å². The van der Waals surface area contributed by atoms with Crippen LogP contribution in [-0.2, 0) is 16.6 Å². The summed E-state index contributed by atoms with van der Waals surface area (Å²) in [6.07, 6.45) is 0. The summed E-state index contributed by atoms with van der Waals surface area (Å²) in [6, 6.07) is 12.8. The molecule has 0 spiro atoms. The Balaban J connectivity index is 1.67. The Bertz CT molecular complexity index is 1210. The highest BCUT2D eigenvalue weighted by molar-refractivity contribution is 7.99. The number of nitrogens with zero attached hydrogens (tertiary/aromatic N) is 3. The normalized spacial score (nSPS) is 11.7. The van der Waals surface area contributed by atoms with Crippen molar-refractivity contribution in [1.29, 1.82) is 0 Å². The molecule has 2 N–H and O–H groups in total. The number of anilines is 1. The van der Waals surface area contributed by atoms with Crippen LogP contribution >= 0.6 is 23.4 Å². The number of carbonyl (C=O) groups excluding carboxylic acids is 3. The Labute approximate surface area is 212 Å². The molecule has 0 aliphatic heterocycles. The second-order valence-electron chi connectivity index (χ2n) is 7.98. The number of esters is 1. The summed E-state index contributed by atoms with van der Waals surface area (Å²) in [5, 5.41) is 15.3. The van der Waals surface area contributed by atoms with E-state index in [4.69, 9.17) is 16.3 Å². The molecule has 0 unspecified atom stereocenters. The van der Waals surface area contributed by atoms with E-state index < -0.39 is 12.0 Å². The Kier molecular flexibility index (Phi) is 8.89. The molecule has 2 aromatic carbocycles. The van der Waals surface area contributed by atoms with E-state index in [0.29, 0.717) is 27.3 Å². The minimum absolute atomic E-state index is 0.0325. The summed E-state index contributed by atoms with van der Waals surface area (Å²) in [5.74, 6) is -0.447. The summed E-state index contributed by atoms with van der Waals surface area (Å²) < 4.78 is 6.51. The van der Waals surface area contributed by atoms with Gasteiger partial charge in [-0.15, -0.1) is 10.2 Å². The summed E-state index contributed by atoms with van der Waals surface area (Å²) in [4.78, 5) is 37.2. The second-order valence-corrected chi connectivity index (χ2v) is 9.35. The number of halogens is 1. The van der Waals surface area contributed by atoms with Gasteiger partial charge in [-0.3, -0.25) is 9.59 Å². The molecule has 0 aliphatic carbocycles. The standard InChI is InChI=1S/C24H26ClN5O4S/c1-14(2)20(27-22(32)15-9-11-16(25)12-10-15)21-28-29-24(30(21)3)35-13-19(31)26-18-8-6-5-7-17(18)23(33)34-4/h5-12,14,20H,13H2,1-4H3,(H,26,31)(H,27,32)/t20-/m1/s1. The molecular formula is C24H26ClN5O4S. The number of nitrogens with one attached hydrogen (secondary N) is 2. The quantitative estimate of drug-likeness (QED) is 0.325. The lowest BCUT2D eigenvalue weighted by Gasteiger charge is -2.21. The average Bonchev–Trinajstić information content (AvgIpc) is 3.20. The number of carbonyl (C=O) groups is 3. The van der Waals surface area contributed by atoms with Crippen LogP contribution in [0.25, 0.3) is 0 Å². The molecule has 35 heavy (non-hydrogen) atoms. The number of aromatic nitrogens is 3. The lowest BCUT2D eigenvalue weighted by molar-refractivity contribution is -0.113. The monoisotopic (exact) mass is 515 g/mol. The van der Waals surface area contributed by atoms with Crippen LogP contribution < -0.4 is 10.6 Å². The van der Waals surface area contributed by atoms with Gasteiger partial charge in [0.25, 0.3) is 5.91 Å². The molecule has 0 fully saturated rings. The minimum atomic E-state index is -0.535. The van der Waals surface area contributed by atoms with Crippen LogP contribution in [-0.4, -0.2) is 45.4 Å². The molecular weight excluding hydrogens is 490 g/mol. The van der Waals surface area contributed by atoms with Crippen LogP contribution in [0, 0.1) is 5.92 Å². The predicted octanol–water partition coefficient (Wildman–Crippen LogP) is 4.11. The number of methoxy groups -OCH3 is 1. The molecule has 11 heteroatoms. The number of hydrogen-bond acceptors (Lipinski definition) is 7. The van der Waals surface area contributed by atoms with Crippen LogP contribution in [0.4, 0.5) is 5.69 Å². The third-order valence-electron chi connectivity index (χ3n) is 5.15. The Morgan fingerprint density at radius 3 is 2.43 bits per heavy atom. The molecule has 9 nitrogen and oxygen atoms in total. The SMILES string of the molecule is COC(=O)c1ccccc1NC(=O)CSc1nnc([C@H](NC(=O)c2ccc(Cl)cc2)C(C)C)n1C. The average molecular weight is 516 g/mol. The fraction of sp³-hybridized carbons (Fsp3) is 0.292. The van der Waals surface area contributed by atoms with E-state index in [1.165, 1.54) is 18.9 Å². The highest BCUT2D eigenvalue weighted by Gasteiger charge is 2.25. The van der Waals surface area contributed by atoms with Gasteiger partial charge in [-0.05, 0) is 42.3 Å². The highest BCUT2D eigenvalue weighted by atomic mass is 35.5. The van der Waals surface area contributed by atoms with E-state index in [0.717, 1.165) is 0 Å². The van der Waals surface area contributed by atoms with Gasteiger partial charge in [-0.2, -0.15) is 0 Å². The maximum absolute atomic E-state index is 12.7. The Hall–Kier alpha value is -3.37. The van der Waals surface area contributed by atoms with E-state index in [1.807, 2.05) is 13.8 Å². The second kappa shape index (κ2) is 11.9. The Morgan fingerprint density at radius 2 is 1.77 bits per heavy atom. The Morgan fingerprint density at radius 1 is 1.09 bits per heavy atom. The lowest BCUT2D eigenvalue weighted by atomic mass is 10.0. The van der Waals surface area contributed by atoms with Crippen molar-refractivity contribution in [2.75, 3.05) is 18.2 Å². The van der Waals surface area contributed by atoms with Crippen LogP contribution in [0.1, 0.15) is 46.4 Å². The van der Waals surface area contributed by atoms with Gasteiger partial charge in [0.1, 0.15) is 0 Å². The molecule has 184 valence electrons. The zero-order chi connectivity index (χ0) is 25.5. The molecule has 1 atom stereocenters. The fourth-order valence-corrected chi connectivity index (χ4v) is 4.12. The molecule has 0 saturated carbocycles. The molecule has 0 bridgehead atoms. The van der Waals surface area contributed by atoms with Crippen molar-refractivity contribution in [3.63, 3.8) is 0 Å². The van der Waals surface area contributed by atoms with Crippen molar-refractivity contribution in [1.82, 2.24) is 20.1 Å². The van der Waals surface area contributed by atoms with Gasteiger partial charge in [0.05, 0.1) is 30.2 Å².